The Morgan fingerprint density at radius 1 is 1.15 bits per heavy atom. The molecule has 0 aliphatic carbocycles. The summed E-state index contributed by atoms with van der Waals surface area (Å²) in [7, 11) is 3.03. The predicted molar refractivity (Wildman–Crippen MR) is 101 cm³/mol. The molecular formula is C19H19Cl2F2NO3. The smallest absolute Gasteiger partial charge is 0.387 e. The van der Waals surface area contributed by atoms with Gasteiger partial charge in [0.05, 0.1) is 7.11 Å². The summed E-state index contributed by atoms with van der Waals surface area (Å²) in [5, 5.41) is 1.07. The van der Waals surface area contributed by atoms with E-state index in [0.29, 0.717) is 23.0 Å². The molecule has 0 bridgehead atoms. The van der Waals surface area contributed by atoms with Crippen molar-refractivity contribution < 1.29 is 23.0 Å². The molecule has 0 aliphatic heterocycles. The van der Waals surface area contributed by atoms with Crippen LogP contribution in [0.4, 0.5) is 8.78 Å². The van der Waals surface area contributed by atoms with Crippen LogP contribution in [0.3, 0.4) is 0 Å². The minimum absolute atomic E-state index is 0.0531. The maximum Gasteiger partial charge on any atom is 0.387 e. The second-order valence-corrected chi connectivity index (χ2v) is 6.69. The van der Waals surface area contributed by atoms with Crippen molar-refractivity contribution in [2.45, 2.75) is 26.0 Å². The van der Waals surface area contributed by atoms with Crippen LogP contribution in [0.15, 0.2) is 36.4 Å². The third-order valence-corrected chi connectivity index (χ3v) is 4.50. The van der Waals surface area contributed by atoms with Gasteiger partial charge in [-0.3, -0.25) is 4.79 Å². The molecule has 0 fully saturated rings. The van der Waals surface area contributed by atoms with Crippen LogP contribution in [-0.2, 0) is 17.8 Å². The number of carbonyl (C=O) groups excluding carboxylic acids is 1. The zero-order valence-corrected chi connectivity index (χ0v) is 16.4. The van der Waals surface area contributed by atoms with Gasteiger partial charge < -0.3 is 14.4 Å². The van der Waals surface area contributed by atoms with E-state index in [1.54, 1.807) is 42.3 Å². The van der Waals surface area contributed by atoms with Crippen LogP contribution in [0.5, 0.6) is 11.5 Å². The molecule has 1 amide bonds. The highest BCUT2D eigenvalue weighted by Gasteiger charge is 2.14. The van der Waals surface area contributed by atoms with E-state index in [0.717, 1.165) is 11.1 Å². The summed E-state index contributed by atoms with van der Waals surface area (Å²) in [5.74, 6) is 0.0529. The van der Waals surface area contributed by atoms with Gasteiger partial charge in [0.25, 0.3) is 0 Å². The number of hydrogen-bond acceptors (Lipinski definition) is 3. The van der Waals surface area contributed by atoms with Gasteiger partial charge in [0.15, 0.2) is 11.5 Å². The first kappa shape index (κ1) is 21.3. The summed E-state index contributed by atoms with van der Waals surface area (Å²) >= 11 is 12.0. The maximum absolute atomic E-state index is 12.4. The van der Waals surface area contributed by atoms with Gasteiger partial charge in [-0.15, -0.1) is 0 Å². The van der Waals surface area contributed by atoms with Crippen molar-refractivity contribution in [3.05, 3.63) is 57.6 Å². The minimum Gasteiger partial charge on any atom is -0.493 e. The quantitative estimate of drug-likeness (QED) is 0.592. The molecule has 0 heterocycles. The van der Waals surface area contributed by atoms with E-state index in [-0.39, 0.29) is 23.8 Å². The Bertz CT molecular complexity index is 803. The maximum atomic E-state index is 12.4. The van der Waals surface area contributed by atoms with E-state index < -0.39 is 6.61 Å². The highest BCUT2D eigenvalue weighted by Crippen LogP contribution is 2.30. The van der Waals surface area contributed by atoms with Crippen molar-refractivity contribution >= 4 is 29.1 Å². The Kier molecular flexibility index (Phi) is 7.68. The third-order valence-electron chi connectivity index (χ3n) is 3.91. The van der Waals surface area contributed by atoms with E-state index in [2.05, 4.69) is 4.74 Å². The van der Waals surface area contributed by atoms with E-state index in [9.17, 15) is 13.6 Å². The van der Waals surface area contributed by atoms with Crippen molar-refractivity contribution in [1.82, 2.24) is 4.90 Å². The second kappa shape index (κ2) is 9.76. The molecule has 0 saturated heterocycles. The van der Waals surface area contributed by atoms with Gasteiger partial charge in [0, 0.05) is 30.1 Å². The lowest BCUT2D eigenvalue weighted by molar-refractivity contribution is -0.130. The number of ether oxygens (including phenoxy) is 2. The molecule has 27 heavy (non-hydrogen) atoms. The number of halogens is 4. The largest absolute Gasteiger partial charge is 0.493 e. The second-order valence-electron chi connectivity index (χ2n) is 5.85. The molecule has 8 heteroatoms. The number of rotatable bonds is 8. The molecule has 2 aromatic carbocycles. The van der Waals surface area contributed by atoms with Crippen molar-refractivity contribution in [2.75, 3.05) is 14.2 Å². The lowest BCUT2D eigenvalue weighted by Crippen LogP contribution is -2.26. The molecular weight excluding hydrogens is 399 g/mol. The van der Waals surface area contributed by atoms with E-state index in [1.165, 1.54) is 13.2 Å². The van der Waals surface area contributed by atoms with E-state index >= 15 is 0 Å². The Morgan fingerprint density at radius 2 is 1.89 bits per heavy atom. The average molecular weight is 418 g/mol. The first-order valence-corrected chi connectivity index (χ1v) is 8.85. The first-order chi connectivity index (χ1) is 12.8. The van der Waals surface area contributed by atoms with Crippen LogP contribution in [0.25, 0.3) is 0 Å². The lowest BCUT2D eigenvalue weighted by atomic mass is 10.1. The fraction of sp³-hybridized carbons (Fsp3) is 0.316. The van der Waals surface area contributed by atoms with Crippen molar-refractivity contribution in [1.29, 1.82) is 0 Å². The average Bonchev–Trinajstić information content (AvgIpc) is 2.61. The SMILES string of the molecule is COc1cc(CN(C)C(=O)CCc2ccc(Cl)cc2Cl)ccc1OC(F)F. The zero-order chi connectivity index (χ0) is 20.0. The first-order valence-electron chi connectivity index (χ1n) is 8.09. The summed E-state index contributed by atoms with van der Waals surface area (Å²) in [6.45, 7) is -2.63. The Labute approximate surface area is 166 Å². The van der Waals surface area contributed by atoms with E-state index in [1.807, 2.05) is 0 Å². The highest BCUT2D eigenvalue weighted by atomic mass is 35.5. The molecule has 0 aromatic heterocycles. The molecule has 0 radical (unpaired) electrons. The van der Waals surface area contributed by atoms with Crippen LogP contribution in [0, 0.1) is 0 Å². The normalized spacial score (nSPS) is 10.8. The number of benzene rings is 2. The fourth-order valence-electron chi connectivity index (χ4n) is 2.52. The number of nitrogens with zero attached hydrogens (tertiary/aromatic N) is 1. The van der Waals surface area contributed by atoms with Crippen LogP contribution in [0.1, 0.15) is 17.5 Å². The number of hydrogen-bond donors (Lipinski definition) is 0. The van der Waals surface area contributed by atoms with Crippen LogP contribution >= 0.6 is 23.2 Å². The number of amides is 1. The summed E-state index contributed by atoms with van der Waals surface area (Å²) in [6, 6.07) is 9.74. The summed E-state index contributed by atoms with van der Waals surface area (Å²) < 4.78 is 34.2. The van der Waals surface area contributed by atoms with Crippen molar-refractivity contribution in [3.63, 3.8) is 0 Å². The number of alkyl halides is 2. The van der Waals surface area contributed by atoms with Gasteiger partial charge in [0.1, 0.15) is 0 Å². The molecule has 0 aliphatic rings. The Balaban J connectivity index is 1.97. The van der Waals surface area contributed by atoms with E-state index in [4.69, 9.17) is 27.9 Å². The number of methoxy groups -OCH3 is 1. The van der Waals surface area contributed by atoms with Crippen LogP contribution in [-0.4, -0.2) is 31.6 Å². The number of carbonyl (C=O) groups is 1. The van der Waals surface area contributed by atoms with Gasteiger partial charge in [0.2, 0.25) is 5.91 Å². The molecule has 0 atom stereocenters. The van der Waals surface area contributed by atoms with Gasteiger partial charge >= 0.3 is 6.61 Å². The molecule has 0 spiro atoms. The highest BCUT2D eigenvalue weighted by molar-refractivity contribution is 6.35. The van der Waals surface area contributed by atoms with Crippen LogP contribution < -0.4 is 9.47 Å². The van der Waals surface area contributed by atoms with Gasteiger partial charge in [-0.05, 0) is 41.8 Å². The molecule has 146 valence electrons. The summed E-state index contributed by atoms with van der Waals surface area (Å²) in [6.07, 6.45) is 0.769. The van der Waals surface area contributed by atoms with Gasteiger partial charge in [-0.1, -0.05) is 35.3 Å². The molecule has 2 rings (SSSR count). The molecule has 0 unspecified atom stereocenters. The molecule has 4 nitrogen and oxygen atoms in total. The lowest BCUT2D eigenvalue weighted by Gasteiger charge is -2.19. The van der Waals surface area contributed by atoms with Gasteiger partial charge in [-0.2, -0.15) is 8.78 Å². The van der Waals surface area contributed by atoms with Gasteiger partial charge in [-0.25, -0.2) is 0 Å². The zero-order valence-electron chi connectivity index (χ0n) is 14.8. The monoisotopic (exact) mass is 417 g/mol. The number of aryl methyl sites for hydroxylation is 1. The molecule has 2 aromatic rings. The topological polar surface area (TPSA) is 38.8 Å². The van der Waals surface area contributed by atoms with Crippen LogP contribution in [0.2, 0.25) is 10.0 Å². The van der Waals surface area contributed by atoms with Crippen molar-refractivity contribution in [3.8, 4) is 11.5 Å². The summed E-state index contributed by atoms with van der Waals surface area (Å²) in [5.41, 5.74) is 1.58. The minimum atomic E-state index is -2.94. The predicted octanol–water partition coefficient (Wildman–Crippen LogP) is 5.19. The molecule has 0 N–H and O–H groups in total. The standard InChI is InChI=1S/C19H19Cl2F2NO3/c1-24(18(25)8-5-13-4-6-14(20)10-15(13)21)11-12-3-7-16(27-19(22)23)17(9-12)26-2/h3-4,6-7,9-10,19H,5,8,11H2,1-2H3. The van der Waals surface area contributed by atoms with Crippen molar-refractivity contribution in [2.24, 2.45) is 0 Å². The Hall–Kier alpha value is -2.05. The molecule has 0 saturated carbocycles. The third kappa shape index (κ3) is 6.26. The summed E-state index contributed by atoms with van der Waals surface area (Å²) in [4.78, 5) is 13.9. The fourth-order valence-corrected chi connectivity index (χ4v) is 3.03. The Morgan fingerprint density at radius 3 is 2.52 bits per heavy atom.